The molecule has 0 spiro atoms. The van der Waals surface area contributed by atoms with Crippen LogP contribution in [0, 0.1) is 0 Å². The SMILES string of the molecule is C=CCN=c1scc(-c2cc(OC)ccc2OC)n1NC(=C)c1ccncc1. The van der Waals surface area contributed by atoms with Gasteiger partial charge in [0.1, 0.15) is 11.5 Å². The quantitative estimate of drug-likeness (QED) is 0.588. The number of rotatable bonds is 8. The number of nitrogens with one attached hydrogen (secondary N) is 1. The summed E-state index contributed by atoms with van der Waals surface area (Å²) >= 11 is 1.52. The zero-order valence-corrected chi connectivity index (χ0v) is 16.7. The Morgan fingerprint density at radius 2 is 2.04 bits per heavy atom. The molecule has 2 heterocycles. The van der Waals surface area contributed by atoms with Gasteiger partial charge in [-0.25, -0.2) is 4.68 Å². The molecule has 144 valence electrons. The summed E-state index contributed by atoms with van der Waals surface area (Å²) in [4.78, 5) is 9.43. The van der Waals surface area contributed by atoms with Crippen molar-refractivity contribution in [2.24, 2.45) is 4.99 Å². The average Bonchev–Trinajstić information content (AvgIpc) is 3.14. The summed E-state index contributed by atoms with van der Waals surface area (Å²) in [6, 6.07) is 9.48. The van der Waals surface area contributed by atoms with Gasteiger partial charge in [-0.05, 0) is 30.3 Å². The molecule has 0 unspecified atom stereocenters. The zero-order chi connectivity index (χ0) is 19.9. The fourth-order valence-electron chi connectivity index (χ4n) is 2.63. The van der Waals surface area contributed by atoms with Crippen LogP contribution in [0.25, 0.3) is 17.0 Å². The van der Waals surface area contributed by atoms with E-state index in [1.54, 1.807) is 32.7 Å². The van der Waals surface area contributed by atoms with Gasteiger partial charge in [0.25, 0.3) is 0 Å². The van der Waals surface area contributed by atoms with Gasteiger partial charge in [0, 0.05) is 28.9 Å². The molecular weight excluding hydrogens is 372 g/mol. The van der Waals surface area contributed by atoms with E-state index in [-0.39, 0.29) is 0 Å². The van der Waals surface area contributed by atoms with Crippen LogP contribution in [-0.2, 0) is 0 Å². The molecule has 28 heavy (non-hydrogen) atoms. The van der Waals surface area contributed by atoms with Gasteiger partial charge in [0.05, 0.1) is 32.2 Å². The van der Waals surface area contributed by atoms with Gasteiger partial charge < -0.3 is 9.47 Å². The summed E-state index contributed by atoms with van der Waals surface area (Å²) in [5.41, 5.74) is 6.79. The number of pyridine rings is 1. The van der Waals surface area contributed by atoms with E-state index >= 15 is 0 Å². The number of nitrogens with zero attached hydrogens (tertiary/aromatic N) is 3. The van der Waals surface area contributed by atoms with Gasteiger partial charge in [0.15, 0.2) is 0 Å². The van der Waals surface area contributed by atoms with Crippen LogP contribution < -0.4 is 19.7 Å². The molecule has 2 aromatic heterocycles. The molecule has 0 amide bonds. The number of hydrogen-bond acceptors (Lipinski definition) is 6. The Labute approximate surface area is 168 Å². The Morgan fingerprint density at radius 3 is 2.71 bits per heavy atom. The highest BCUT2D eigenvalue weighted by atomic mass is 32.1. The van der Waals surface area contributed by atoms with Crippen molar-refractivity contribution >= 4 is 17.0 Å². The van der Waals surface area contributed by atoms with Crippen molar-refractivity contribution in [3.63, 3.8) is 0 Å². The fourth-order valence-corrected chi connectivity index (χ4v) is 3.47. The third kappa shape index (κ3) is 4.15. The van der Waals surface area contributed by atoms with Gasteiger partial charge in [-0.3, -0.25) is 15.4 Å². The van der Waals surface area contributed by atoms with Gasteiger partial charge in [-0.15, -0.1) is 17.9 Å². The van der Waals surface area contributed by atoms with Gasteiger partial charge in [-0.1, -0.05) is 12.7 Å². The maximum absolute atomic E-state index is 5.56. The summed E-state index contributed by atoms with van der Waals surface area (Å²) in [5, 5.41) is 2.02. The molecule has 0 aliphatic rings. The Balaban J connectivity index is 2.12. The van der Waals surface area contributed by atoms with Gasteiger partial charge >= 0.3 is 0 Å². The normalized spacial score (nSPS) is 11.1. The van der Waals surface area contributed by atoms with Gasteiger partial charge in [-0.2, -0.15) is 0 Å². The van der Waals surface area contributed by atoms with Crippen molar-refractivity contribution in [3.05, 3.63) is 77.7 Å². The Kier molecular flexibility index (Phi) is 6.29. The van der Waals surface area contributed by atoms with Crippen LogP contribution in [-0.4, -0.2) is 30.4 Å². The fraction of sp³-hybridized carbons (Fsp3) is 0.143. The molecule has 0 bridgehead atoms. The lowest BCUT2D eigenvalue weighted by molar-refractivity contribution is 0.404. The van der Waals surface area contributed by atoms with E-state index in [4.69, 9.17) is 9.47 Å². The standard InChI is InChI=1S/C21H22N4O2S/c1-5-10-23-21-25(24-15(2)16-8-11-22-12-9-16)19(14-28-21)18-13-17(26-3)6-7-20(18)27-4/h5-9,11-14,24H,1-2,10H2,3-4H3. The molecule has 7 heteroatoms. The summed E-state index contributed by atoms with van der Waals surface area (Å²) in [7, 11) is 3.29. The predicted octanol–water partition coefficient (Wildman–Crippen LogP) is 3.93. The van der Waals surface area contributed by atoms with Gasteiger partial charge in [0.2, 0.25) is 4.80 Å². The summed E-state index contributed by atoms with van der Waals surface area (Å²) < 4.78 is 12.9. The Hall–Kier alpha value is -3.32. The molecule has 0 atom stereocenters. The van der Waals surface area contributed by atoms with E-state index in [9.17, 15) is 0 Å². The maximum Gasteiger partial charge on any atom is 0.204 e. The molecule has 3 rings (SSSR count). The second kappa shape index (κ2) is 9.05. The summed E-state index contributed by atoms with van der Waals surface area (Å²) in [6.45, 7) is 8.42. The van der Waals surface area contributed by atoms with E-state index in [0.717, 1.165) is 38.8 Å². The van der Waals surface area contributed by atoms with Crippen LogP contribution in [0.15, 0.2) is 72.3 Å². The van der Waals surface area contributed by atoms with E-state index < -0.39 is 0 Å². The largest absolute Gasteiger partial charge is 0.497 e. The first-order chi connectivity index (χ1) is 13.7. The molecule has 0 aliphatic carbocycles. The van der Waals surface area contributed by atoms with Crippen molar-refractivity contribution < 1.29 is 9.47 Å². The van der Waals surface area contributed by atoms with Crippen LogP contribution in [0.1, 0.15) is 5.56 Å². The molecule has 3 aromatic rings. The molecule has 0 saturated carbocycles. The third-order valence-electron chi connectivity index (χ3n) is 4.02. The first-order valence-electron chi connectivity index (χ1n) is 8.58. The topological polar surface area (TPSA) is 60.7 Å². The monoisotopic (exact) mass is 394 g/mol. The van der Waals surface area contributed by atoms with Crippen molar-refractivity contribution in [1.29, 1.82) is 0 Å². The molecule has 0 aliphatic heterocycles. The highest BCUT2D eigenvalue weighted by Crippen LogP contribution is 2.33. The number of methoxy groups -OCH3 is 2. The lowest BCUT2D eigenvalue weighted by atomic mass is 10.1. The molecule has 0 saturated heterocycles. The minimum absolute atomic E-state index is 0.513. The molecular formula is C21H22N4O2S. The van der Waals surface area contributed by atoms with Crippen molar-refractivity contribution in [3.8, 4) is 22.8 Å². The van der Waals surface area contributed by atoms with Crippen LogP contribution in [0.4, 0.5) is 0 Å². The number of thiazole rings is 1. The Bertz CT molecular complexity index is 1040. The minimum atomic E-state index is 0.513. The summed E-state index contributed by atoms with van der Waals surface area (Å²) in [6.07, 6.45) is 5.22. The number of hydrogen-bond donors (Lipinski definition) is 1. The van der Waals surface area contributed by atoms with Crippen molar-refractivity contribution in [2.45, 2.75) is 0 Å². The predicted molar refractivity (Wildman–Crippen MR) is 114 cm³/mol. The molecule has 6 nitrogen and oxygen atoms in total. The number of aromatic nitrogens is 2. The van der Waals surface area contributed by atoms with E-state index in [2.05, 4.69) is 28.6 Å². The number of benzene rings is 1. The lowest BCUT2D eigenvalue weighted by Gasteiger charge is -2.16. The third-order valence-corrected chi connectivity index (χ3v) is 4.89. The minimum Gasteiger partial charge on any atom is -0.497 e. The Morgan fingerprint density at radius 1 is 1.25 bits per heavy atom. The summed E-state index contributed by atoms with van der Waals surface area (Å²) in [5.74, 6) is 1.48. The maximum atomic E-state index is 5.56. The van der Waals surface area contributed by atoms with Crippen molar-refractivity contribution in [1.82, 2.24) is 9.66 Å². The smallest absolute Gasteiger partial charge is 0.204 e. The molecule has 0 fully saturated rings. The first kappa shape index (κ1) is 19.4. The average molecular weight is 395 g/mol. The highest BCUT2D eigenvalue weighted by molar-refractivity contribution is 7.07. The molecule has 1 aromatic carbocycles. The van der Waals surface area contributed by atoms with Crippen LogP contribution in [0.3, 0.4) is 0 Å². The zero-order valence-electron chi connectivity index (χ0n) is 15.9. The highest BCUT2D eigenvalue weighted by Gasteiger charge is 2.15. The van der Waals surface area contributed by atoms with Crippen LogP contribution >= 0.6 is 11.3 Å². The molecule has 1 N–H and O–H groups in total. The first-order valence-corrected chi connectivity index (χ1v) is 9.46. The molecule has 0 radical (unpaired) electrons. The lowest BCUT2D eigenvalue weighted by Crippen LogP contribution is -2.25. The van der Waals surface area contributed by atoms with Crippen LogP contribution in [0.5, 0.6) is 11.5 Å². The van der Waals surface area contributed by atoms with Crippen molar-refractivity contribution in [2.75, 3.05) is 26.2 Å². The van der Waals surface area contributed by atoms with Crippen LogP contribution in [0.2, 0.25) is 0 Å². The van der Waals surface area contributed by atoms with E-state index in [1.165, 1.54) is 11.3 Å². The van der Waals surface area contributed by atoms with E-state index in [0.29, 0.717) is 6.54 Å². The second-order valence-electron chi connectivity index (χ2n) is 5.76. The van der Waals surface area contributed by atoms with E-state index in [1.807, 2.05) is 40.4 Å². The second-order valence-corrected chi connectivity index (χ2v) is 6.60. The number of ether oxygens (including phenoxy) is 2.